The van der Waals surface area contributed by atoms with Gasteiger partial charge in [-0.3, -0.25) is 9.36 Å². The highest BCUT2D eigenvalue weighted by Crippen LogP contribution is 2.19. The Labute approximate surface area is 139 Å². The quantitative estimate of drug-likeness (QED) is 0.707. The summed E-state index contributed by atoms with van der Waals surface area (Å²) in [7, 11) is 0. The van der Waals surface area contributed by atoms with E-state index in [1.807, 2.05) is 0 Å². The number of rotatable bonds is 5. The topological polar surface area (TPSA) is 68.6 Å². The van der Waals surface area contributed by atoms with Crippen LogP contribution in [0.15, 0.2) is 56.3 Å². The first kappa shape index (κ1) is 16.9. The van der Waals surface area contributed by atoms with Crippen LogP contribution in [0.5, 0.6) is 0 Å². The predicted molar refractivity (Wildman–Crippen MR) is 80.7 cm³/mol. The number of amides is 1. The lowest BCUT2D eigenvalue weighted by molar-refractivity contribution is -0.163. The van der Waals surface area contributed by atoms with Gasteiger partial charge in [0.2, 0.25) is 5.91 Å². The van der Waals surface area contributed by atoms with Crippen molar-refractivity contribution in [3.8, 4) is 0 Å². The number of furan rings is 1. The number of carbonyl (C=O) groups is 1. The molecule has 132 valence electrons. The number of hydrogen-bond donors (Lipinski definition) is 0. The van der Waals surface area contributed by atoms with Gasteiger partial charge in [-0.05, 0) is 24.3 Å². The average Bonchev–Trinajstić information content (AvgIpc) is 3.14. The number of hydrogen-bond acceptors (Lipinski definition) is 4. The molecule has 0 aliphatic heterocycles. The maximum Gasteiger partial charge on any atom is 0.420 e. The van der Waals surface area contributed by atoms with Crippen LogP contribution in [0.2, 0.25) is 0 Å². The van der Waals surface area contributed by atoms with Crippen LogP contribution in [0.1, 0.15) is 5.76 Å². The third-order valence-corrected chi connectivity index (χ3v) is 3.52. The van der Waals surface area contributed by atoms with Gasteiger partial charge in [-0.1, -0.05) is 12.1 Å². The van der Waals surface area contributed by atoms with E-state index in [2.05, 4.69) is 0 Å². The highest BCUT2D eigenvalue weighted by Gasteiger charge is 2.33. The monoisotopic (exact) mass is 354 g/mol. The molecule has 0 atom stereocenters. The predicted octanol–water partition coefficient (Wildman–Crippen LogP) is 2.78. The normalized spacial score (nSPS) is 11.8. The van der Waals surface area contributed by atoms with Crippen LogP contribution in [0, 0.1) is 0 Å². The van der Waals surface area contributed by atoms with E-state index in [9.17, 15) is 22.8 Å². The number of halogens is 3. The number of benzene rings is 1. The molecule has 0 saturated heterocycles. The van der Waals surface area contributed by atoms with E-state index < -0.39 is 30.9 Å². The second-order valence-corrected chi connectivity index (χ2v) is 5.37. The van der Waals surface area contributed by atoms with Gasteiger partial charge in [0.25, 0.3) is 0 Å². The summed E-state index contributed by atoms with van der Waals surface area (Å²) < 4.78 is 49.4. The van der Waals surface area contributed by atoms with Crippen LogP contribution in [0.3, 0.4) is 0 Å². The van der Waals surface area contributed by atoms with E-state index in [4.69, 9.17) is 8.83 Å². The van der Waals surface area contributed by atoms with E-state index in [1.165, 1.54) is 24.5 Å². The summed E-state index contributed by atoms with van der Waals surface area (Å²) in [5, 5.41) is 0. The van der Waals surface area contributed by atoms with E-state index in [0.29, 0.717) is 10.4 Å². The molecule has 1 aromatic carbocycles. The number of para-hydroxylation sites is 2. The molecule has 0 bridgehead atoms. The lowest BCUT2D eigenvalue weighted by atomic mass is 10.3. The van der Waals surface area contributed by atoms with Crippen LogP contribution in [0.25, 0.3) is 11.1 Å². The summed E-state index contributed by atoms with van der Waals surface area (Å²) in [5.74, 6) is -1.47. The lowest BCUT2D eigenvalue weighted by Crippen LogP contribution is -2.41. The fraction of sp³-hybridized carbons (Fsp3) is 0.250. The minimum Gasteiger partial charge on any atom is -0.467 e. The Morgan fingerprint density at radius 2 is 1.92 bits per heavy atom. The molecule has 3 rings (SSSR count). The molecule has 0 fully saturated rings. The number of oxazole rings is 1. The first-order valence-corrected chi connectivity index (χ1v) is 7.29. The molecule has 0 aliphatic rings. The van der Waals surface area contributed by atoms with E-state index >= 15 is 0 Å². The summed E-state index contributed by atoms with van der Waals surface area (Å²) in [6.45, 7) is -2.36. The third kappa shape index (κ3) is 3.93. The molecular formula is C16H13F3N2O4. The molecule has 0 aliphatic carbocycles. The molecule has 3 aromatic rings. The second kappa shape index (κ2) is 6.50. The van der Waals surface area contributed by atoms with Crippen molar-refractivity contribution in [3.63, 3.8) is 0 Å². The zero-order valence-electron chi connectivity index (χ0n) is 12.8. The fourth-order valence-electron chi connectivity index (χ4n) is 2.44. The smallest absolute Gasteiger partial charge is 0.420 e. The van der Waals surface area contributed by atoms with Gasteiger partial charge in [0.05, 0.1) is 18.3 Å². The minimum atomic E-state index is -4.58. The van der Waals surface area contributed by atoms with Crippen LogP contribution in [-0.4, -0.2) is 28.1 Å². The number of alkyl halides is 3. The maximum absolute atomic E-state index is 12.8. The highest BCUT2D eigenvalue weighted by molar-refractivity contribution is 5.79. The molecule has 0 spiro atoms. The molecular weight excluding hydrogens is 341 g/mol. The summed E-state index contributed by atoms with van der Waals surface area (Å²) >= 11 is 0. The number of carbonyl (C=O) groups excluding carboxylic acids is 1. The average molecular weight is 354 g/mol. The van der Waals surface area contributed by atoms with Crippen molar-refractivity contribution in [2.24, 2.45) is 0 Å². The molecule has 6 nitrogen and oxygen atoms in total. The fourth-order valence-corrected chi connectivity index (χ4v) is 2.44. The van der Waals surface area contributed by atoms with Crippen molar-refractivity contribution in [2.75, 3.05) is 6.54 Å². The molecule has 0 N–H and O–H groups in total. The molecule has 9 heteroatoms. The first-order valence-electron chi connectivity index (χ1n) is 7.29. The van der Waals surface area contributed by atoms with Gasteiger partial charge in [0.1, 0.15) is 18.8 Å². The Morgan fingerprint density at radius 3 is 2.60 bits per heavy atom. The van der Waals surface area contributed by atoms with Gasteiger partial charge in [0, 0.05) is 0 Å². The number of aromatic nitrogens is 1. The van der Waals surface area contributed by atoms with Crippen LogP contribution < -0.4 is 5.76 Å². The van der Waals surface area contributed by atoms with Crippen molar-refractivity contribution >= 4 is 17.0 Å². The Kier molecular flexibility index (Phi) is 4.39. The minimum absolute atomic E-state index is 0.210. The van der Waals surface area contributed by atoms with Crippen molar-refractivity contribution in [2.45, 2.75) is 19.3 Å². The maximum atomic E-state index is 12.8. The Balaban J connectivity index is 1.86. The number of nitrogens with zero attached hydrogens (tertiary/aromatic N) is 2. The van der Waals surface area contributed by atoms with Gasteiger partial charge < -0.3 is 13.7 Å². The van der Waals surface area contributed by atoms with E-state index in [1.54, 1.807) is 18.2 Å². The summed E-state index contributed by atoms with van der Waals surface area (Å²) in [6.07, 6.45) is -3.27. The Bertz CT molecular complexity index is 925. The standard InChI is InChI=1S/C16H13F3N2O4/c17-16(18,19)10-20(8-11-4-3-7-24-11)14(22)9-21-12-5-1-2-6-13(12)25-15(21)23/h1-7H,8-10H2. The number of fused-ring (bicyclic) bond motifs is 1. The molecule has 2 aromatic heterocycles. The molecule has 2 heterocycles. The van der Waals surface area contributed by atoms with Crippen molar-refractivity contribution in [1.29, 1.82) is 0 Å². The van der Waals surface area contributed by atoms with Crippen LogP contribution >= 0.6 is 0 Å². The van der Waals surface area contributed by atoms with Gasteiger partial charge in [-0.15, -0.1) is 0 Å². The van der Waals surface area contributed by atoms with Crippen molar-refractivity contribution in [1.82, 2.24) is 9.47 Å². The highest BCUT2D eigenvalue weighted by atomic mass is 19.4. The van der Waals surface area contributed by atoms with Gasteiger partial charge in [0.15, 0.2) is 5.58 Å². The van der Waals surface area contributed by atoms with Crippen LogP contribution in [-0.2, 0) is 17.9 Å². The first-order chi connectivity index (χ1) is 11.8. The Hall–Kier alpha value is -2.97. The van der Waals surface area contributed by atoms with Crippen molar-refractivity contribution in [3.05, 3.63) is 59.0 Å². The zero-order valence-corrected chi connectivity index (χ0v) is 12.8. The molecule has 0 saturated carbocycles. The SMILES string of the molecule is O=C(Cn1c(=O)oc2ccccc21)N(Cc1ccco1)CC(F)(F)F. The zero-order chi connectivity index (χ0) is 18.0. The van der Waals surface area contributed by atoms with E-state index in [-0.39, 0.29) is 17.9 Å². The molecule has 1 amide bonds. The Morgan fingerprint density at radius 1 is 1.16 bits per heavy atom. The van der Waals surface area contributed by atoms with Gasteiger partial charge in [-0.2, -0.15) is 13.2 Å². The van der Waals surface area contributed by atoms with Crippen LogP contribution in [0.4, 0.5) is 13.2 Å². The molecule has 0 radical (unpaired) electrons. The summed E-state index contributed by atoms with van der Waals surface area (Å²) in [4.78, 5) is 24.9. The van der Waals surface area contributed by atoms with Crippen molar-refractivity contribution < 1.29 is 26.8 Å². The molecule has 25 heavy (non-hydrogen) atoms. The van der Waals surface area contributed by atoms with Gasteiger partial charge in [-0.25, -0.2) is 4.79 Å². The van der Waals surface area contributed by atoms with E-state index in [0.717, 1.165) is 4.57 Å². The summed E-state index contributed by atoms with van der Waals surface area (Å²) in [6, 6.07) is 9.34. The lowest BCUT2D eigenvalue weighted by Gasteiger charge is -2.23. The third-order valence-electron chi connectivity index (χ3n) is 3.52. The summed E-state index contributed by atoms with van der Waals surface area (Å²) in [5.41, 5.74) is 0.597. The second-order valence-electron chi connectivity index (χ2n) is 5.37. The largest absolute Gasteiger partial charge is 0.467 e. The molecule has 0 unspecified atom stereocenters. The van der Waals surface area contributed by atoms with Gasteiger partial charge >= 0.3 is 11.9 Å².